The molecule has 12 heteroatoms. The molecule has 0 unspecified atom stereocenters. The van der Waals surface area contributed by atoms with Crippen molar-refractivity contribution in [2.75, 3.05) is 0 Å². The number of allylic oxidation sites excluding steroid dienone is 2. The van der Waals surface area contributed by atoms with Crippen molar-refractivity contribution >= 4 is 23.4 Å². The Bertz CT molecular complexity index is 1340. The molecule has 0 aliphatic carbocycles. The number of alkyl halides is 6. The summed E-state index contributed by atoms with van der Waals surface area (Å²) in [5.41, 5.74) is -5.59. The second kappa shape index (κ2) is 7.89. The molecule has 0 aliphatic heterocycles. The van der Waals surface area contributed by atoms with Crippen molar-refractivity contribution in [2.45, 2.75) is 26.2 Å². The fraction of sp³-hybridized carbons (Fsp3) is 0.200. The predicted octanol–water partition coefficient (Wildman–Crippen LogP) is 5.64. The zero-order valence-electron chi connectivity index (χ0n) is 16.3. The van der Waals surface area contributed by atoms with E-state index in [0.29, 0.717) is 11.3 Å². The van der Waals surface area contributed by atoms with Gasteiger partial charge in [-0.25, -0.2) is 9.50 Å². The average Bonchev–Trinajstić information content (AvgIpc) is 3.23. The molecule has 0 spiro atoms. The first-order valence-corrected chi connectivity index (χ1v) is 8.74. The zero-order chi connectivity index (χ0) is 23.8. The first kappa shape index (κ1) is 22.6. The first-order chi connectivity index (χ1) is 14.9. The molecule has 0 radical (unpaired) electrons. The van der Waals surface area contributed by atoms with Crippen LogP contribution in [-0.4, -0.2) is 14.6 Å². The number of aromatic nitrogens is 3. The SMILES string of the molecule is C/C=C\c1oc(/C=C(\C#N)c2nn3c(C(F)(F)F)cc(C(F)(F)F)nc3c2C#N)cc1C. The molecule has 0 fully saturated rings. The fourth-order valence-electron chi connectivity index (χ4n) is 2.86. The number of nitrogens with zero attached hydrogens (tertiary/aromatic N) is 5. The maximum Gasteiger partial charge on any atom is 0.433 e. The standard InChI is InChI=1S/C20H11F6N5O/c1-3-4-14-10(2)5-12(32-14)6-11(8-27)17-13(9-28)18-29-15(19(21,22)23)7-16(20(24,25)26)31(18)30-17/h3-7H,1-2H3/b4-3-,11-6+. The van der Waals surface area contributed by atoms with Crippen LogP contribution in [-0.2, 0) is 12.4 Å². The van der Waals surface area contributed by atoms with Crippen LogP contribution in [0.1, 0.15) is 46.7 Å². The Morgan fingerprint density at radius 1 is 1.12 bits per heavy atom. The number of hydrogen-bond acceptors (Lipinski definition) is 5. The number of hydrogen-bond donors (Lipinski definition) is 0. The summed E-state index contributed by atoms with van der Waals surface area (Å²) in [5, 5.41) is 22.6. The number of fused-ring (bicyclic) bond motifs is 1. The van der Waals surface area contributed by atoms with Crippen LogP contribution < -0.4 is 0 Å². The van der Waals surface area contributed by atoms with Crippen molar-refractivity contribution in [3.63, 3.8) is 0 Å². The van der Waals surface area contributed by atoms with E-state index in [2.05, 4.69) is 10.1 Å². The Morgan fingerprint density at radius 2 is 1.81 bits per heavy atom. The molecule has 3 rings (SSSR count). The topological polar surface area (TPSA) is 90.9 Å². The molecule has 0 bridgehead atoms. The van der Waals surface area contributed by atoms with E-state index in [-0.39, 0.29) is 16.3 Å². The largest absolute Gasteiger partial charge is 0.457 e. The van der Waals surface area contributed by atoms with Crippen LogP contribution in [0.2, 0.25) is 0 Å². The van der Waals surface area contributed by atoms with Crippen LogP contribution in [0.5, 0.6) is 0 Å². The minimum Gasteiger partial charge on any atom is -0.457 e. The van der Waals surface area contributed by atoms with Gasteiger partial charge in [-0.1, -0.05) is 6.08 Å². The number of rotatable bonds is 3. The van der Waals surface area contributed by atoms with Gasteiger partial charge >= 0.3 is 12.4 Å². The number of nitriles is 2. The molecular formula is C20H11F6N5O. The zero-order valence-corrected chi connectivity index (χ0v) is 16.3. The van der Waals surface area contributed by atoms with Crippen LogP contribution in [0.3, 0.4) is 0 Å². The maximum absolute atomic E-state index is 13.4. The smallest absolute Gasteiger partial charge is 0.433 e. The molecule has 6 nitrogen and oxygen atoms in total. The van der Waals surface area contributed by atoms with E-state index in [1.54, 1.807) is 32.1 Å². The van der Waals surface area contributed by atoms with Gasteiger partial charge in [-0.2, -0.15) is 42.0 Å². The molecule has 0 saturated heterocycles. The van der Waals surface area contributed by atoms with Gasteiger partial charge in [0.05, 0.1) is 5.57 Å². The lowest BCUT2D eigenvalue weighted by Crippen LogP contribution is -2.18. The molecule has 164 valence electrons. The first-order valence-electron chi connectivity index (χ1n) is 8.74. The number of halogens is 6. The second-order valence-corrected chi connectivity index (χ2v) is 6.46. The summed E-state index contributed by atoms with van der Waals surface area (Å²) >= 11 is 0. The van der Waals surface area contributed by atoms with E-state index in [4.69, 9.17) is 4.42 Å². The molecular weight excluding hydrogens is 440 g/mol. The lowest BCUT2D eigenvalue weighted by molar-refractivity contribution is -0.148. The third kappa shape index (κ3) is 4.07. The highest BCUT2D eigenvalue weighted by Gasteiger charge is 2.41. The molecule has 0 amide bonds. The van der Waals surface area contributed by atoms with Gasteiger partial charge in [0.25, 0.3) is 0 Å². The normalized spacial score (nSPS) is 13.0. The van der Waals surface area contributed by atoms with Crippen molar-refractivity contribution in [3.8, 4) is 12.1 Å². The molecule has 3 aromatic heterocycles. The quantitative estimate of drug-likeness (QED) is 0.380. The van der Waals surface area contributed by atoms with Gasteiger partial charge in [-0.15, -0.1) is 0 Å². The van der Waals surface area contributed by atoms with Gasteiger partial charge < -0.3 is 4.42 Å². The summed E-state index contributed by atoms with van der Waals surface area (Å²) in [5.74, 6) is 0.593. The van der Waals surface area contributed by atoms with Crippen LogP contribution in [0.4, 0.5) is 26.3 Å². The van der Waals surface area contributed by atoms with Crippen LogP contribution >= 0.6 is 0 Å². The Hall–Kier alpha value is -4.06. The lowest BCUT2D eigenvalue weighted by atomic mass is 10.1. The Morgan fingerprint density at radius 3 is 2.34 bits per heavy atom. The van der Waals surface area contributed by atoms with Crippen LogP contribution in [0.25, 0.3) is 23.4 Å². The monoisotopic (exact) mass is 451 g/mol. The highest BCUT2D eigenvalue weighted by molar-refractivity contribution is 5.91. The highest BCUT2D eigenvalue weighted by Crippen LogP contribution is 2.36. The van der Waals surface area contributed by atoms with Crippen molar-refractivity contribution in [1.82, 2.24) is 14.6 Å². The number of aryl methyl sites for hydroxylation is 1. The van der Waals surface area contributed by atoms with Crippen molar-refractivity contribution in [3.05, 3.63) is 57.9 Å². The number of furan rings is 1. The lowest BCUT2D eigenvalue weighted by Gasteiger charge is -2.12. The third-order valence-electron chi connectivity index (χ3n) is 4.24. The molecule has 0 saturated carbocycles. The molecule has 0 atom stereocenters. The van der Waals surface area contributed by atoms with Gasteiger partial charge in [0.15, 0.2) is 11.3 Å². The summed E-state index contributed by atoms with van der Waals surface area (Å²) in [4.78, 5) is 3.16. The minimum atomic E-state index is -5.24. The van der Waals surface area contributed by atoms with Gasteiger partial charge in [-0.3, -0.25) is 0 Å². The summed E-state index contributed by atoms with van der Waals surface area (Å²) < 4.78 is 85.3. The van der Waals surface area contributed by atoms with E-state index in [9.17, 15) is 36.9 Å². The molecule has 3 heterocycles. The van der Waals surface area contributed by atoms with Crippen LogP contribution in [0, 0.1) is 29.6 Å². The maximum atomic E-state index is 13.4. The molecule has 0 N–H and O–H groups in total. The van der Waals surface area contributed by atoms with E-state index in [0.717, 1.165) is 6.08 Å². The summed E-state index contributed by atoms with van der Waals surface area (Å²) in [6.45, 7) is 3.46. The summed E-state index contributed by atoms with van der Waals surface area (Å²) in [7, 11) is 0. The van der Waals surface area contributed by atoms with Crippen molar-refractivity contribution < 1.29 is 30.8 Å². The fourth-order valence-corrected chi connectivity index (χ4v) is 2.86. The van der Waals surface area contributed by atoms with Crippen molar-refractivity contribution in [1.29, 1.82) is 10.5 Å². The summed E-state index contributed by atoms with van der Waals surface area (Å²) in [6, 6.07) is 4.52. The average molecular weight is 451 g/mol. The molecule has 3 aromatic rings. The molecule has 32 heavy (non-hydrogen) atoms. The second-order valence-electron chi connectivity index (χ2n) is 6.46. The van der Waals surface area contributed by atoms with Gasteiger partial charge in [0.2, 0.25) is 0 Å². The third-order valence-corrected chi connectivity index (χ3v) is 4.24. The van der Waals surface area contributed by atoms with Gasteiger partial charge in [0, 0.05) is 6.08 Å². The van der Waals surface area contributed by atoms with E-state index in [1.165, 1.54) is 12.1 Å². The predicted molar refractivity (Wildman–Crippen MR) is 99.3 cm³/mol. The van der Waals surface area contributed by atoms with Gasteiger partial charge in [0.1, 0.15) is 40.6 Å². The van der Waals surface area contributed by atoms with Crippen LogP contribution in [0.15, 0.2) is 22.6 Å². The minimum absolute atomic E-state index is 0.0763. The van der Waals surface area contributed by atoms with E-state index < -0.39 is 46.2 Å². The van der Waals surface area contributed by atoms with E-state index in [1.807, 2.05) is 0 Å². The van der Waals surface area contributed by atoms with Gasteiger partial charge in [-0.05, 0) is 37.6 Å². The Labute approximate surface area is 176 Å². The molecule has 0 aromatic carbocycles. The Kier molecular flexibility index (Phi) is 5.58. The molecule has 0 aliphatic rings. The van der Waals surface area contributed by atoms with Crippen molar-refractivity contribution in [2.24, 2.45) is 0 Å². The van der Waals surface area contributed by atoms with E-state index >= 15 is 0 Å². The summed E-state index contributed by atoms with van der Waals surface area (Å²) in [6.07, 6.45) is -5.99. The highest BCUT2D eigenvalue weighted by atomic mass is 19.4. The Balaban J connectivity index is 2.32.